The van der Waals surface area contributed by atoms with Gasteiger partial charge in [-0.2, -0.15) is 5.10 Å². The molecule has 3 nitrogen and oxygen atoms in total. The number of rotatable bonds is 5. The maximum absolute atomic E-state index is 4.48. The van der Waals surface area contributed by atoms with Crippen molar-refractivity contribution in [2.45, 2.75) is 45.1 Å². The van der Waals surface area contributed by atoms with Crippen LogP contribution in [0.4, 0.5) is 5.82 Å². The van der Waals surface area contributed by atoms with Gasteiger partial charge in [-0.3, -0.25) is 0 Å². The fourth-order valence-electron chi connectivity index (χ4n) is 2.85. The summed E-state index contributed by atoms with van der Waals surface area (Å²) in [6.07, 6.45) is 13.1. The number of allylic oxidation sites excluding steroid dienone is 2. The molecule has 2 aliphatic rings. The van der Waals surface area contributed by atoms with E-state index in [1.165, 1.54) is 37.9 Å². The van der Waals surface area contributed by atoms with Gasteiger partial charge >= 0.3 is 0 Å². The third-order valence-corrected chi connectivity index (χ3v) is 4.31. The van der Waals surface area contributed by atoms with Gasteiger partial charge in [-0.25, -0.2) is 4.68 Å². The second-order valence-corrected chi connectivity index (χ2v) is 5.77. The molecule has 98 valence electrons. The maximum atomic E-state index is 4.48. The first kappa shape index (κ1) is 11.8. The summed E-state index contributed by atoms with van der Waals surface area (Å²) in [6.45, 7) is 3.37. The monoisotopic (exact) mass is 245 g/mol. The molecule has 0 radical (unpaired) electrons. The standard InChI is InChI=1S/C15H23N3/c1-12(14-7-8-14)18-15(9-10-17-18)16-11-13-5-3-2-4-6-13/h2-3,9-10,12-14,16H,4-8,11H2,1H3/t12-,13+/m0/s1. The minimum Gasteiger partial charge on any atom is -0.370 e. The lowest BCUT2D eigenvalue weighted by molar-refractivity contribution is 0.440. The van der Waals surface area contributed by atoms with Crippen LogP contribution in [0.1, 0.15) is 45.1 Å². The van der Waals surface area contributed by atoms with Gasteiger partial charge in [0, 0.05) is 12.6 Å². The smallest absolute Gasteiger partial charge is 0.124 e. The van der Waals surface area contributed by atoms with Gasteiger partial charge < -0.3 is 5.32 Å². The average Bonchev–Trinajstić information content (AvgIpc) is 3.15. The molecule has 3 rings (SSSR count). The third-order valence-electron chi connectivity index (χ3n) is 4.31. The van der Waals surface area contributed by atoms with Gasteiger partial charge in [0.25, 0.3) is 0 Å². The van der Waals surface area contributed by atoms with E-state index >= 15 is 0 Å². The molecule has 18 heavy (non-hydrogen) atoms. The molecular formula is C15H23N3. The Labute approximate surface area is 109 Å². The Morgan fingerprint density at radius 1 is 1.39 bits per heavy atom. The van der Waals surface area contributed by atoms with E-state index in [-0.39, 0.29) is 0 Å². The molecule has 1 aromatic rings. The van der Waals surface area contributed by atoms with Crippen molar-refractivity contribution in [2.24, 2.45) is 11.8 Å². The van der Waals surface area contributed by atoms with Crippen molar-refractivity contribution in [2.75, 3.05) is 11.9 Å². The van der Waals surface area contributed by atoms with Gasteiger partial charge in [0.2, 0.25) is 0 Å². The summed E-state index contributed by atoms with van der Waals surface area (Å²) in [4.78, 5) is 0. The zero-order valence-corrected chi connectivity index (χ0v) is 11.2. The molecule has 0 aliphatic heterocycles. The highest BCUT2D eigenvalue weighted by atomic mass is 15.3. The van der Waals surface area contributed by atoms with E-state index < -0.39 is 0 Å². The summed E-state index contributed by atoms with van der Waals surface area (Å²) in [5, 5.41) is 8.07. The number of nitrogens with one attached hydrogen (secondary N) is 1. The Bertz CT molecular complexity index is 417. The quantitative estimate of drug-likeness (QED) is 0.803. The Balaban J connectivity index is 1.58. The van der Waals surface area contributed by atoms with Crippen LogP contribution in [-0.2, 0) is 0 Å². The summed E-state index contributed by atoms with van der Waals surface area (Å²) in [6, 6.07) is 2.66. The second kappa shape index (κ2) is 5.17. The molecule has 0 amide bonds. The summed E-state index contributed by atoms with van der Waals surface area (Å²) in [5.74, 6) is 2.83. The minimum atomic E-state index is 0.550. The second-order valence-electron chi connectivity index (χ2n) is 5.77. The van der Waals surface area contributed by atoms with E-state index in [0.29, 0.717) is 6.04 Å². The van der Waals surface area contributed by atoms with Crippen LogP contribution in [-0.4, -0.2) is 16.3 Å². The number of hydrogen-bond donors (Lipinski definition) is 1. The molecule has 0 bridgehead atoms. The van der Waals surface area contributed by atoms with Gasteiger partial charge in [-0.1, -0.05) is 12.2 Å². The molecule has 0 spiro atoms. The summed E-state index contributed by atoms with van der Waals surface area (Å²) in [5.41, 5.74) is 0. The van der Waals surface area contributed by atoms with Crippen LogP contribution in [0.3, 0.4) is 0 Å². The van der Waals surface area contributed by atoms with Crippen LogP contribution in [0, 0.1) is 11.8 Å². The predicted octanol–water partition coefficient (Wildman–Crippen LogP) is 3.62. The first-order chi connectivity index (χ1) is 8.84. The molecule has 0 aromatic carbocycles. The van der Waals surface area contributed by atoms with Gasteiger partial charge in [0.15, 0.2) is 0 Å². The molecule has 0 saturated heterocycles. The fraction of sp³-hybridized carbons (Fsp3) is 0.667. The predicted molar refractivity (Wildman–Crippen MR) is 74.6 cm³/mol. The molecule has 1 saturated carbocycles. The lowest BCUT2D eigenvalue weighted by Gasteiger charge is -2.21. The number of nitrogens with zero attached hydrogens (tertiary/aromatic N) is 2. The number of aromatic nitrogens is 2. The van der Waals surface area contributed by atoms with Crippen molar-refractivity contribution in [3.8, 4) is 0 Å². The molecule has 1 fully saturated rings. The highest BCUT2D eigenvalue weighted by Crippen LogP contribution is 2.40. The van der Waals surface area contributed by atoms with E-state index in [2.05, 4.69) is 40.2 Å². The highest BCUT2D eigenvalue weighted by molar-refractivity contribution is 5.34. The van der Waals surface area contributed by atoms with Crippen LogP contribution in [0.25, 0.3) is 0 Å². The average molecular weight is 245 g/mol. The van der Waals surface area contributed by atoms with E-state index in [1.54, 1.807) is 0 Å². The van der Waals surface area contributed by atoms with Crippen molar-refractivity contribution in [1.29, 1.82) is 0 Å². The summed E-state index contributed by atoms with van der Waals surface area (Å²) >= 11 is 0. The zero-order valence-electron chi connectivity index (χ0n) is 11.2. The molecule has 1 aromatic heterocycles. The van der Waals surface area contributed by atoms with Crippen molar-refractivity contribution in [1.82, 2.24) is 9.78 Å². The van der Waals surface area contributed by atoms with Crippen molar-refractivity contribution in [3.63, 3.8) is 0 Å². The van der Waals surface area contributed by atoms with Gasteiger partial charge in [-0.15, -0.1) is 0 Å². The SMILES string of the molecule is C[C@@H](C1CC1)n1nccc1NC[C@@H]1CC=CCC1. The van der Waals surface area contributed by atoms with E-state index in [0.717, 1.165) is 18.4 Å². The normalized spacial score (nSPS) is 25.1. The van der Waals surface area contributed by atoms with Crippen molar-refractivity contribution in [3.05, 3.63) is 24.4 Å². The van der Waals surface area contributed by atoms with Crippen molar-refractivity contribution >= 4 is 5.82 Å². The van der Waals surface area contributed by atoms with Gasteiger partial charge in [0.05, 0.1) is 12.2 Å². The molecular weight excluding hydrogens is 222 g/mol. The topological polar surface area (TPSA) is 29.9 Å². The van der Waals surface area contributed by atoms with Crippen LogP contribution in [0.2, 0.25) is 0 Å². The van der Waals surface area contributed by atoms with Crippen LogP contribution in [0.15, 0.2) is 24.4 Å². The van der Waals surface area contributed by atoms with E-state index in [9.17, 15) is 0 Å². The number of anilines is 1. The zero-order chi connectivity index (χ0) is 12.4. The Morgan fingerprint density at radius 3 is 3.00 bits per heavy atom. The molecule has 2 aliphatic carbocycles. The molecule has 2 atom stereocenters. The lowest BCUT2D eigenvalue weighted by atomic mass is 9.94. The first-order valence-corrected chi connectivity index (χ1v) is 7.27. The Kier molecular flexibility index (Phi) is 3.39. The van der Waals surface area contributed by atoms with Crippen LogP contribution < -0.4 is 5.32 Å². The molecule has 1 N–H and O–H groups in total. The molecule has 3 heteroatoms. The van der Waals surface area contributed by atoms with Crippen LogP contribution >= 0.6 is 0 Å². The third kappa shape index (κ3) is 2.60. The first-order valence-electron chi connectivity index (χ1n) is 7.27. The molecule has 0 unspecified atom stereocenters. The largest absolute Gasteiger partial charge is 0.370 e. The highest BCUT2D eigenvalue weighted by Gasteiger charge is 2.30. The Hall–Kier alpha value is -1.25. The van der Waals surface area contributed by atoms with E-state index in [1.807, 2.05) is 6.20 Å². The summed E-state index contributed by atoms with van der Waals surface area (Å²) < 4.78 is 2.18. The maximum Gasteiger partial charge on any atom is 0.124 e. The fourth-order valence-corrected chi connectivity index (χ4v) is 2.85. The van der Waals surface area contributed by atoms with Gasteiger partial charge in [0.1, 0.15) is 5.82 Å². The van der Waals surface area contributed by atoms with Gasteiger partial charge in [-0.05, 0) is 50.9 Å². The minimum absolute atomic E-state index is 0.550. The number of hydrogen-bond acceptors (Lipinski definition) is 2. The summed E-state index contributed by atoms with van der Waals surface area (Å²) in [7, 11) is 0. The molecule has 1 heterocycles. The van der Waals surface area contributed by atoms with Crippen LogP contribution in [0.5, 0.6) is 0 Å². The lowest BCUT2D eigenvalue weighted by Crippen LogP contribution is -2.19. The Morgan fingerprint density at radius 2 is 2.28 bits per heavy atom. The van der Waals surface area contributed by atoms with Crippen molar-refractivity contribution < 1.29 is 0 Å². The van der Waals surface area contributed by atoms with E-state index in [4.69, 9.17) is 0 Å².